The van der Waals surface area contributed by atoms with E-state index >= 15 is 13.2 Å². The fourth-order valence-electron chi connectivity index (χ4n) is 7.83. The van der Waals surface area contributed by atoms with E-state index < -0.39 is 75.1 Å². The molecule has 0 saturated carbocycles. The molecule has 0 unspecified atom stereocenters. The average Bonchev–Trinajstić information content (AvgIpc) is 3.43. The molecule has 0 aliphatic carbocycles. The van der Waals surface area contributed by atoms with Gasteiger partial charge < -0.3 is 41.0 Å². The number of anilines is 4. The molecule has 0 spiro atoms. The molecular formula is C56H39F3N8O8. The first-order valence-electron chi connectivity index (χ1n) is 22.5. The molecular weight excluding hydrogens is 970 g/mol. The number of carbonyl (C=O) groups is 4. The van der Waals surface area contributed by atoms with Crippen molar-refractivity contribution in [3.8, 4) is 23.0 Å². The SMILES string of the molecule is COc1ccc(C(=O)Nc2ccccc2)cc1N=Nc1c(O)c(C(=O)Nc2cc(F)c(F)c(NC(=O)c3cc4ccccc4c(N=Nc4cc(C(=O)Nc5ccccc5)ccc4OC)c3O)c2F)cc2ccccc12. The molecule has 19 heteroatoms. The van der Waals surface area contributed by atoms with E-state index in [-0.39, 0.29) is 45.4 Å². The maximum Gasteiger partial charge on any atom is 0.259 e. The first-order chi connectivity index (χ1) is 36.3. The Morgan fingerprint density at radius 1 is 0.453 bits per heavy atom. The van der Waals surface area contributed by atoms with E-state index in [0.717, 1.165) is 0 Å². The molecule has 0 bridgehead atoms. The summed E-state index contributed by atoms with van der Waals surface area (Å²) in [7, 11) is 2.74. The Kier molecular flexibility index (Phi) is 14.2. The second-order valence-electron chi connectivity index (χ2n) is 16.3. The van der Waals surface area contributed by atoms with Gasteiger partial charge >= 0.3 is 0 Å². The quantitative estimate of drug-likeness (QED) is 0.0453. The number of ether oxygens (including phenoxy) is 2. The van der Waals surface area contributed by atoms with Crippen LogP contribution in [0.1, 0.15) is 41.4 Å². The number of rotatable bonds is 14. The predicted octanol–water partition coefficient (Wildman–Crippen LogP) is 13.7. The van der Waals surface area contributed by atoms with Crippen molar-refractivity contribution in [3.63, 3.8) is 0 Å². The van der Waals surface area contributed by atoms with Crippen molar-refractivity contribution >= 4 is 90.7 Å². The zero-order valence-corrected chi connectivity index (χ0v) is 39.4. The number of methoxy groups -OCH3 is 2. The fraction of sp³-hybridized carbons (Fsp3) is 0.0357. The Hall–Kier alpha value is -10.4. The van der Waals surface area contributed by atoms with Gasteiger partial charge in [-0.25, -0.2) is 13.2 Å². The number of phenolic OH excluding ortho intramolecular Hbond substituents is 2. The average molecular weight is 1010 g/mol. The smallest absolute Gasteiger partial charge is 0.259 e. The summed E-state index contributed by atoms with van der Waals surface area (Å²) in [5, 5.41) is 51.1. The van der Waals surface area contributed by atoms with Crippen LogP contribution in [-0.4, -0.2) is 48.1 Å². The number of nitrogens with zero attached hydrogens (tertiary/aromatic N) is 4. The van der Waals surface area contributed by atoms with Crippen LogP contribution >= 0.6 is 0 Å². The molecule has 0 aliphatic rings. The number of hydrogen-bond donors (Lipinski definition) is 6. The molecule has 0 saturated heterocycles. The molecule has 0 atom stereocenters. The maximum atomic E-state index is 16.4. The molecule has 372 valence electrons. The predicted molar refractivity (Wildman–Crippen MR) is 277 cm³/mol. The number of halogens is 3. The lowest BCUT2D eigenvalue weighted by Crippen LogP contribution is -2.18. The molecule has 0 radical (unpaired) electrons. The number of azo groups is 2. The van der Waals surface area contributed by atoms with Gasteiger partial charge in [0.1, 0.15) is 39.9 Å². The van der Waals surface area contributed by atoms with Crippen molar-refractivity contribution in [2.75, 3.05) is 35.5 Å². The third kappa shape index (κ3) is 10.5. The lowest BCUT2D eigenvalue weighted by Gasteiger charge is -2.15. The van der Waals surface area contributed by atoms with Gasteiger partial charge in [-0.2, -0.15) is 0 Å². The Morgan fingerprint density at radius 2 is 0.880 bits per heavy atom. The molecule has 9 rings (SSSR count). The number of fused-ring (bicyclic) bond motifs is 2. The highest BCUT2D eigenvalue weighted by atomic mass is 19.2. The monoisotopic (exact) mass is 1010 g/mol. The Morgan fingerprint density at radius 3 is 1.33 bits per heavy atom. The zero-order chi connectivity index (χ0) is 52.8. The van der Waals surface area contributed by atoms with E-state index in [0.29, 0.717) is 39.0 Å². The third-order valence-electron chi connectivity index (χ3n) is 11.6. The van der Waals surface area contributed by atoms with E-state index in [4.69, 9.17) is 9.47 Å². The van der Waals surface area contributed by atoms with Crippen LogP contribution in [0.3, 0.4) is 0 Å². The van der Waals surface area contributed by atoms with Gasteiger partial charge in [0.2, 0.25) is 0 Å². The van der Waals surface area contributed by atoms with Gasteiger partial charge in [-0.05, 0) is 83.6 Å². The molecule has 75 heavy (non-hydrogen) atoms. The summed E-state index contributed by atoms with van der Waals surface area (Å²) in [6.07, 6.45) is 0. The fourth-order valence-corrected chi connectivity index (χ4v) is 7.83. The van der Waals surface area contributed by atoms with E-state index in [1.807, 2.05) is 5.32 Å². The number of aromatic hydroxyl groups is 2. The third-order valence-corrected chi connectivity index (χ3v) is 11.6. The lowest BCUT2D eigenvalue weighted by atomic mass is 10.0. The van der Waals surface area contributed by atoms with Gasteiger partial charge in [0.15, 0.2) is 29.0 Å². The summed E-state index contributed by atoms with van der Waals surface area (Å²) in [5.74, 6) is -9.80. The largest absolute Gasteiger partial charge is 0.505 e. The maximum absolute atomic E-state index is 16.4. The molecule has 9 aromatic rings. The van der Waals surface area contributed by atoms with Crippen molar-refractivity contribution in [2.24, 2.45) is 20.5 Å². The second-order valence-corrected chi connectivity index (χ2v) is 16.3. The van der Waals surface area contributed by atoms with Crippen molar-refractivity contribution in [1.29, 1.82) is 0 Å². The Bertz CT molecular complexity index is 3800. The van der Waals surface area contributed by atoms with E-state index in [2.05, 4.69) is 36.4 Å². The number of carbonyl (C=O) groups excluding carboxylic acids is 4. The Labute approximate surface area is 423 Å². The Balaban J connectivity index is 1.00. The number of nitrogens with one attached hydrogen (secondary N) is 4. The minimum absolute atomic E-state index is 0.0565. The minimum Gasteiger partial charge on any atom is -0.505 e. The minimum atomic E-state index is -1.85. The summed E-state index contributed by atoms with van der Waals surface area (Å²) in [6, 6.07) is 41.8. The van der Waals surface area contributed by atoms with E-state index in [9.17, 15) is 29.4 Å². The first-order valence-corrected chi connectivity index (χ1v) is 22.5. The molecule has 0 fully saturated rings. The van der Waals surface area contributed by atoms with Crippen LogP contribution in [0.25, 0.3) is 21.5 Å². The molecule has 4 amide bonds. The lowest BCUT2D eigenvalue weighted by molar-refractivity contribution is 0.101. The van der Waals surface area contributed by atoms with Gasteiger partial charge in [0, 0.05) is 39.3 Å². The second kappa shape index (κ2) is 21.5. The number of hydrogen-bond acceptors (Lipinski definition) is 12. The molecule has 0 heterocycles. The number of para-hydroxylation sites is 2. The van der Waals surface area contributed by atoms with E-state index in [1.165, 1.54) is 62.8 Å². The van der Waals surface area contributed by atoms with Gasteiger partial charge in [-0.1, -0.05) is 84.9 Å². The standard InChI is InChI=1S/C56H39F3N8O8/c1-74-44-23-21-32(53(70)60-34-15-5-3-6-16-34)27-41(44)64-66-48-36-19-11-9-13-30(36)25-38(51(48)68)55(72)62-43-29-40(57)46(58)50(47(43)59)63-56(73)39-26-31-14-10-12-20-37(31)49(52(39)69)67-65-42-28-33(22-24-45(42)75-2)54(71)61-35-17-7-4-8-18-35/h3-29,68-69H,1-2H3,(H,60,70)(H,61,71)(H,62,72)(H,63,73). The van der Waals surface area contributed by atoms with Gasteiger partial charge in [0.05, 0.1) is 31.0 Å². The first kappa shape index (κ1) is 49.5. The van der Waals surface area contributed by atoms with Gasteiger partial charge in [0.25, 0.3) is 23.6 Å². The highest BCUT2D eigenvalue weighted by molar-refractivity contribution is 6.14. The summed E-state index contributed by atoms with van der Waals surface area (Å²) in [4.78, 5) is 54.1. The summed E-state index contributed by atoms with van der Waals surface area (Å²) in [5.41, 5.74) is -2.27. The molecule has 9 aromatic carbocycles. The summed E-state index contributed by atoms with van der Waals surface area (Å²) in [6.45, 7) is 0. The highest BCUT2D eigenvalue weighted by Gasteiger charge is 2.27. The molecule has 0 aliphatic heterocycles. The van der Waals surface area contributed by atoms with Crippen molar-refractivity contribution in [2.45, 2.75) is 0 Å². The van der Waals surface area contributed by atoms with Crippen molar-refractivity contribution < 1.29 is 52.0 Å². The zero-order valence-electron chi connectivity index (χ0n) is 39.4. The van der Waals surface area contributed by atoms with Gasteiger partial charge in [-0.15, -0.1) is 20.5 Å². The van der Waals surface area contributed by atoms with Crippen molar-refractivity contribution in [1.82, 2.24) is 0 Å². The van der Waals surface area contributed by atoms with Crippen molar-refractivity contribution in [3.05, 3.63) is 203 Å². The van der Waals surface area contributed by atoms with Crippen LogP contribution in [-0.2, 0) is 0 Å². The van der Waals surface area contributed by atoms with Gasteiger partial charge in [-0.3, -0.25) is 19.2 Å². The summed E-state index contributed by atoms with van der Waals surface area (Å²) < 4.78 is 58.2. The van der Waals surface area contributed by atoms with Crippen LogP contribution < -0.4 is 30.7 Å². The molecule has 0 aromatic heterocycles. The van der Waals surface area contributed by atoms with Crippen LogP contribution in [0.2, 0.25) is 0 Å². The van der Waals surface area contributed by atoms with Crippen LogP contribution in [0.5, 0.6) is 23.0 Å². The normalized spacial score (nSPS) is 11.2. The topological polar surface area (TPSA) is 225 Å². The number of amides is 4. The van der Waals surface area contributed by atoms with Crippen LogP contribution in [0.15, 0.2) is 184 Å². The number of benzene rings is 9. The van der Waals surface area contributed by atoms with Crippen LogP contribution in [0, 0.1) is 17.5 Å². The van der Waals surface area contributed by atoms with Crippen LogP contribution in [0.4, 0.5) is 58.7 Å². The number of phenols is 2. The summed E-state index contributed by atoms with van der Waals surface area (Å²) >= 11 is 0. The molecule has 16 nitrogen and oxygen atoms in total. The van der Waals surface area contributed by atoms with E-state index in [1.54, 1.807) is 109 Å². The molecule has 6 N–H and O–H groups in total. The highest BCUT2D eigenvalue weighted by Crippen LogP contribution is 2.43.